The third kappa shape index (κ3) is 39.5. The molecule has 0 saturated carbocycles. The first-order chi connectivity index (χ1) is 28.6. The van der Waals surface area contributed by atoms with Crippen molar-refractivity contribution < 1.29 is 38.2 Å². The average Bonchev–Trinajstić information content (AvgIpc) is 3.19. The molecule has 0 rings (SSSR count). The maximum absolute atomic E-state index is 12.7. The van der Waals surface area contributed by atoms with Gasteiger partial charge in [0.25, 0.3) is 0 Å². The van der Waals surface area contributed by atoms with Crippen LogP contribution in [0.15, 0.2) is 97.2 Å². The van der Waals surface area contributed by atoms with Crippen LogP contribution in [0.25, 0.3) is 0 Å². The van der Waals surface area contributed by atoms with Gasteiger partial charge in [-0.3, -0.25) is 9.59 Å². The second kappa shape index (κ2) is 41.0. The van der Waals surface area contributed by atoms with Crippen LogP contribution in [0.5, 0.6) is 0 Å². The van der Waals surface area contributed by atoms with Gasteiger partial charge >= 0.3 is 11.9 Å². The number of carbonyl (C=O) groups excluding carboxylic acids is 3. The number of likely N-dealkylation sites (N-methyl/N-ethyl adjacent to an activating group) is 1. The van der Waals surface area contributed by atoms with Crippen LogP contribution in [0.1, 0.15) is 155 Å². The Kier molecular flexibility index (Phi) is 38.4. The van der Waals surface area contributed by atoms with Gasteiger partial charge in [0.15, 0.2) is 6.10 Å². The minimum Gasteiger partial charge on any atom is -0.544 e. The van der Waals surface area contributed by atoms with E-state index in [0.29, 0.717) is 12.8 Å². The summed E-state index contributed by atoms with van der Waals surface area (Å²) in [7, 11) is 5.37. The molecule has 0 saturated heterocycles. The summed E-state index contributed by atoms with van der Waals surface area (Å²) in [4.78, 5) is 36.9. The molecular weight excluding hydrogens is 739 g/mol. The van der Waals surface area contributed by atoms with Gasteiger partial charge in [0.2, 0.25) is 0 Å². The standard InChI is InChI=1S/C51H83NO7/c1-6-8-10-12-14-16-18-20-22-24-26-27-29-31-33-35-37-39-41-49(53)58-46-47(45-57-44-43-48(51(55)56)52(3,4)5)59-50(54)42-40-38-36-34-32-30-28-25-23-21-19-17-15-13-11-9-7-2/h10,12,14,16,18,20-24,26-28,30,34,36,47-48H,6-9,11,13,15,17,19,25,29,31-33,35,37-46H2,1-5H3/b12-10+,16-14+,20-18+,23-21+,24-22+,27-26+,30-28+,36-34+. The highest BCUT2D eigenvalue weighted by Gasteiger charge is 2.25. The fourth-order valence-electron chi connectivity index (χ4n) is 6.00. The Morgan fingerprint density at radius 1 is 0.525 bits per heavy atom. The van der Waals surface area contributed by atoms with Gasteiger partial charge in [0.1, 0.15) is 12.6 Å². The number of rotatable bonds is 39. The van der Waals surface area contributed by atoms with Crippen LogP contribution in [0.3, 0.4) is 0 Å². The predicted octanol–water partition coefficient (Wildman–Crippen LogP) is 11.4. The van der Waals surface area contributed by atoms with E-state index < -0.39 is 18.1 Å². The highest BCUT2D eigenvalue weighted by Crippen LogP contribution is 2.12. The SMILES string of the molecule is CCC/C=C/C=C/C=C/C=C/C=C/CCCCCCCC(=O)OCC(COCCC(C(=O)[O-])[N+](C)(C)C)OC(=O)CCC/C=C/C/C=C/C/C=C/CCCCCCCC. The van der Waals surface area contributed by atoms with Gasteiger partial charge < -0.3 is 28.6 Å². The molecule has 0 amide bonds. The smallest absolute Gasteiger partial charge is 0.306 e. The highest BCUT2D eigenvalue weighted by atomic mass is 16.6. The van der Waals surface area contributed by atoms with Gasteiger partial charge in [-0.25, -0.2) is 0 Å². The summed E-state index contributed by atoms with van der Waals surface area (Å²) in [6.45, 7) is 4.46. The third-order valence-electron chi connectivity index (χ3n) is 9.55. The van der Waals surface area contributed by atoms with Crippen LogP contribution in [0.4, 0.5) is 0 Å². The summed E-state index contributed by atoms with van der Waals surface area (Å²) < 4.78 is 17.1. The number of unbranched alkanes of at least 4 members (excludes halogenated alkanes) is 13. The van der Waals surface area contributed by atoms with Gasteiger partial charge in [-0.1, -0.05) is 169 Å². The van der Waals surface area contributed by atoms with Crippen molar-refractivity contribution in [3.63, 3.8) is 0 Å². The van der Waals surface area contributed by atoms with Crippen molar-refractivity contribution in [3.8, 4) is 0 Å². The zero-order valence-electron chi connectivity index (χ0n) is 37.9. The average molecular weight is 822 g/mol. The molecule has 0 radical (unpaired) electrons. The molecule has 0 aliphatic rings. The van der Waals surface area contributed by atoms with E-state index in [-0.39, 0.29) is 49.1 Å². The molecule has 0 N–H and O–H groups in total. The number of hydrogen-bond acceptors (Lipinski definition) is 7. The van der Waals surface area contributed by atoms with Crippen molar-refractivity contribution in [2.45, 2.75) is 167 Å². The molecule has 0 aromatic carbocycles. The van der Waals surface area contributed by atoms with E-state index in [1.165, 1.54) is 44.9 Å². The second-order valence-corrected chi connectivity index (χ2v) is 16.0. The van der Waals surface area contributed by atoms with E-state index in [0.717, 1.165) is 70.6 Å². The maximum Gasteiger partial charge on any atom is 0.306 e. The summed E-state index contributed by atoms with van der Waals surface area (Å²) in [5, 5.41) is 11.6. The lowest BCUT2D eigenvalue weighted by molar-refractivity contribution is -0.889. The number of nitrogens with zero attached hydrogens (tertiary/aromatic N) is 1. The molecule has 0 bridgehead atoms. The van der Waals surface area contributed by atoms with Gasteiger partial charge in [-0.15, -0.1) is 0 Å². The first-order valence-electron chi connectivity index (χ1n) is 22.8. The lowest BCUT2D eigenvalue weighted by atomic mass is 10.1. The number of ether oxygens (including phenoxy) is 3. The van der Waals surface area contributed by atoms with E-state index in [2.05, 4.69) is 74.6 Å². The number of allylic oxidation sites excluding steroid dienone is 16. The fraction of sp³-hybridized carbons (Fsp3) is 0.627. The lowest BCUT2D eigenvalue weighted by Gasteiger charge is -2.34. The van der Waals surface area contributed by atoms with Gasteiger partial charge in [-0.05, 0) is 64.2 Å². The van der Waals surface area contributed by atoms with Crippen molar-refractivity contribution in [3.05, 3.63) is 97.2 Å². The van der Waals surface area contributed by atoms with Crippen LogP contribution in [-0.2, 0) is 28.6 Å². The van der Waals surface area contributed by atoms with Gasteiger partial charge in [-0.2, -0.15) is 0 Å². The predicted molar refractivity (Wildman–Crippen MR) is 245 cm³/mol. The van der Waals surface area contributed by atoms with Crippen LogP contribution in [0, 0.1) is 0 Å². The molecule has 0 aliphatic heterocycles. The molecule has 59 heavy (non-hydrogen) atoms. The number of quaternary nitrogens is 1. The van der Waals surface area contributed by atoms with Crippen molar-refractivity contribution in [2.75, 3.05) is 41.0 Å². The minimum absolute atomic E-state index is 0.00565. The van der Waals surface area contributed by atoms with E-state index in [4.69, 9.17) is 14.2 Å². The van der Waals surface area contributed by atoms with E-state index >= 15 is 0 Å². The zero-order valence-corrected chi connectivity index (χ0v) is 37.9. The molecule has 8 heteroatoms. The largest absolute Gasteiger partial charge is 0.544 e. The molecule has 0 fully saturated rings. The molecule has 0 aromatic rings. The third-order valence-corrected chi connectivity index (χ3v) is 9.55. The minimum atomic E-state index is -1.14. The topological polar surface area (TPSA) is 102 Å². The van der Waals surface area contributed by atoms with Gasteiger partial charge in [0, 0.05) is 19.3 Å². The molecular formula is C51H83NO7. The Morgan fingerprint density at radius 2 is 1.02 bits per heavy atom. The van der Waals surface area contributed by atoms with Crippen LogP contribution in [-0.4, -0.2) is 75.5 Å². The Hall–Kier alpha value is -3.75. The Bertz CT molecular complexity index is 1280. The summed E-state index contributed by atoms with van der Waals surface area (Å²) in [6.07, 6.45) is 54.3. The zero-order chi connectivity index (χ0) is 43.5. The maximum atomic E-state index is 12.7. The van der Waals surface area contributed by atoms with Crippen LogP contribution >= 0.6 is 0 Å². The molecule has 2 atom stereocenters. The first kappa shape index (κ1) is 55.2. The van der Waals surface area contributed by atoms with Crippen LogP contribution in [0.2, 0.25) is 0 Å². The molecule has 334 valence electrons. The Morgan fingerprint density at radius 3 is 1.59 bits per heavy atom. The highest BCUT2D eigenvalue weighted by molar-refractivity contribution is 5.70. The van der Waals surface area contributed by atoms with Crippen molar-refractivity contribution in [2.24, 2.45) is 0 Å². The number of hydrogen-bond donors (Lipinski definition) is 0. The molecule has 8 nitrogen and oxygen atoms in total. The van der Waals surface area contributed by atoms with Crippen LogP contribution < -0.4 is 5.11 Å². The molecule has 0 spiro atoms. The Labute approximate surface area is 360 Å². The number of carboxylic acids is 1. The summed E-state index contributed by atoms with van der Waals surface area (Å²) in [5.41, 5.74) is 0. The first-order valence-corrected chi connectivity index (χ1v) is 22.8. The molecule has 0 heterocycles. The monoisotopic (exact) mass is 822 g/mol. The normalized spacial score (nSPS) is 13.8. The number of esters is 2. The van der Waals surface area contributed by atoms with Crippen molar-refractivity contribution in [1.82, 2.24) is 0 Å². The lowest BCUT2D eigenvalue weighted by Crippen LogP contribution is -2.55. The van der Waals surface area contributed by atoms with E-state index in [1.807, 2.05) is 36.5 Å². The molecule has 0 aliphatic carbocycles. The fourth-order valence-corrected chi connectivity index (χ4v) is 6.00. The van der Waals surface area contributed by atoms with E-state index in [9.17, 15) is 19.5 Å². The molecule has 0 aromatic heterocycles. The summed E-state index contributed by atoms with van der Waals surface area (Å²) in [6, 6.07) is -0.744. The quantitative estimate of drug-likeness (QED) is 0.0200. The number of carbonyl (C=O) groups is 3. The summed E-state index contributed by atoms with van der Waals surface area (Å²) in [5.74, 6) is -1.85. The summed E-state index contributed by atoms with van der Waals surface area (Å²) >= 11 is 0. The Balaban J connectivity index is 4.49. The second-order valence-electron chi connectivity index (χ2n) is 16.0. The number of carboxylic acid groups (broad SMARTS) is 1. The van der Waals surface area contributed by atoms with Crippen molar-refractivity contribution >= 4 is 17.9 Å². The number of aliphatic carboxylic acids is 1. The van der Waals surface area contributed by atoms with Gasteiger partial charge in [0.05, 0.1) is 40.3 Å². The van der Waals surface area contributed by atoms with Crippen molar-refractivity contribution in [1.29, 1.82) is 0 Å². The molecule has 2 unspecified atom stereocenters. The van der Waals surface area contributed by atoms with E-state index in [1.54, 1.807) is 21.1 Å².